The first-order valence-corrected chi connectivity index (χ1v) is 6.51. The van der Waals surface area contributed by atoms with Crippen LogP contribution in [0.25, 0.3) is 0 Å². The van der Waals surface area contributed by atoms with E-state index in [1.165, 1.54) is 6.07 Å². The molecule has 2 rings (SSSR count). The predicted octanol–water partition coefficient (Wildman–Crippen LogP) is 3.02. The molecule has 0 saturated carbocycles. The van der Waals surface area contributed by atoms with Gasteiger partial charge in [0.2, 0.25) is 0 Å². The van der Waals surface area contributed by atoms with E-state index in [1.807, 2.05) is 24.7 Å². The Morgan fingerprint density at radius 2 is 2.21 bits per heavy atom. The van der Waals surface area contributed by atoms with Gasteiger partial charge in [-0.05, 0) is 32.2 Å². The molecule has 0 spiro atoms. The average molecular weight is 282 g/mol. The van der Waals surface area contributed by atoms with Crippen molar-refractivity contribution in [1.82, 2.24) is 15.1 Å². The van der Waals surface area contributed by atoms with Crippen LogP contribution < -0.4 is 5.32 Å². The standard InChI is InChI=1S/C14H17ClFN3/c1-9-7-10(19(3)18-9)8-13(17-2)14-11(15)5-4-6-12(14)16/h4-7,13,17H,8H2,1-3H3. The summed E-state index contributed by atoms with van der Waals surface area (Å²) in [5.74, 6) is -0.286. The molecule has 0 bridgehead atoms. The molecule has 1 heterocycles. The quantitative estimate of drug-likeness (QED) is 0.934. The van der Waals surface area contributed by atoms with Crippen molar-refractivity contribution in [1.29, 1.82) is 0 Å². The summed E-state index contributed by atoms with van der Waals surface area (Å²) in [5.41, 5.74) is 2.49. The Morgan fingerprint density at radius 3 is 2.74 bits per heavy atom. The number of hydrogen-bond acceptors (Lipinski definition) is 2. The molecule has 1 atom stereocenters. The van der Waals surface area contributed by atoms with Gasteiger partial charge in [-0.1, -0.05) is 17.7 Å². The monoisotopic (exact) mass is 281 g/mol. The van der Waals surface area contributed by atoms with E-state index >= 15 is 0 Å². The van der Waals surface area contributed by atoms with E-state index in [4.69, 9.17) is 11.6 Å². The number of hydrogen-bond donors (Lipinski definition) is 1. The predicted molar refractivity (Wildman–Crippen MR) is 74.9 cm³/mol. The molecule has 1 aromatic heterocycles. The summed E-state index contributed by atoms with van der Waals surface area (Å²) in [6, 6.07) is 6.57. The molecule has 102 valence electrons. The highest BCUT2D eigenvalue weighted by Gasteiger charge is 2.19. The van der Waals surface area contributed by atoms with Crippen molar-refractivity contribution < 1.29 is 4.39 Å². The van der Waals surface area contributed by atoms with Crippen molar-refractivity contribution in [2.24, 2.45) is 7.05 Å². The Hall–Kier alpha value is -1.39. The fourth-order valence-electron chi connectivity index (χ4n) is 2.26. The van der Waals surface area contributed by atoms with Crippen LogP contribution in [0.4, 0.5) is 4.39 Å². The van der Waals surface area contributed by atoms with Crippen LogP contribution >= 0.6 is 11.6 Å². The fraction of sp³-hybridized carbons (Fsp3) is 0.357. The SMILES string of the molecule is CNC(Cc1cc(C)nn1C)c1c(F)cccc1Cl. The molecule has 0 aliphatic heterocycles. The van der Waals surface area contributed by atoms with Crippen LogP contribution in [0.2, 0.25) is 5.02 Å². The van der Waals surface area contributed by atoms with Gasteiger partial charge in [0.05, 0.1) is 5.69 Å². The number of halogens is 2. The smallest absolute Gasteiger partial charge is 0.129 e. The lowest BCUT2D eigenvalue weighted by Crippen LogP contribution is -2.21. The van der Waals surface area contributed by atoms with Crippen LogP contribution in [0.15, 0.2) is 24.3 Å². The van der Waals surface area contributed by atoms with Crippen LogP contribution in [0.3, 0.4) is 0 Å². The summed E-state index contributed by atoms with van der Waals surface area (Å²) in [6.07, 6.45) is 0.633. The van der Waals surface area contributed by atoms with Gasteiger partial charge in [0, 0.05) is 35.8 Å². The van der Waals surface area contributed by atoms with Crippen LogP contribution in [0, 0.1) is 12.7 Å². The first-order valence-electron chi connectivity index (χ1n) is 6.13. The molecule has 1 aromatic carbocycles. The topological polar surface area (TPSA) is 29.9 Å². The molecule has 0 aliphatic carbocycles. The lowest BCUT2D eigenvalue weighted by Gasteiger charge is -2.18. The van der Waals surface area contributed by atoms with Gasteiger partial charge in [-0.2, -0.15) is 5.10 Å². The van der Waals surface area contributed by atoms with Crippen molar-refractivity contribution in [2.75, 3.05) is 7.05 Å². The number of aromatic nitrogens is 2. The molecule has 5 heteroatoms. The second-order valence-electron chi connectivity index (χ2n) is 4.58. The number of rotatable bonds is 4. The Balaban J connectivity index is 2.33. The zero-order valence-corrected chi connectivity index (χ0v) is 12.0. The lowest BCUT2D eigenvalue weighted by molar-refractivity contribution is 0.520. The molecule has 19 heavy (non-hydrogen) atoms. The van der Waals surface area contributed by atoms with E-state index in [9.17, 15) is 4.39 Å². The molecule has 1 unspecified atom stereocenters. The number of nitrogens with zero attached hydrogens (tertiary/aromatic N) is 2. The molecule has 3 nitrogen and oxygen atoms in total. The third kappa shape index (κ3) is 2.96. The minimum absolute atomic E-state index is 0.177. The van der Waals surface area contributed by atoms with Gasteiger partial charge in [-0.15, -0.1) is 0 Å². The highest BCUT2D eigenvalue weighted by atomic mass is 35.5. The zero-order valence-electron chi connectivity index (χ0n) is 11.2. The Labute approximate surface area is 117 Å². The summed E-state index contributed by atoms with van der Waals surface area (Å²) in [6.45, 7) is 1.94. The molecule has 0 aliphatic rings. The second-order valence-corrected chi connectivity index (χ2v) is 4.99. The van der Waals surface area contributed by atoms with Crippen molar-refractivity contribution in [3.8, 4) is 0 Å². The van der Waals surface area contributed by atoms with Gasteiger partial charge in [0.1, 0.15) is 5.82 Å². The Bertz CT molecular complexity index is 560. The van der Waals surface area contributed by atoms with Gasteiger partial charge in [-0.25, -0.2) is 4.39 Å². The molecule has 0 radical (unpaired) electrons. The van der Waals surface area contributed by atoms with Crippen molar-refractivity contribution in [2.45, 2.75) is 19.4 Å². The Morgan fingerprint density at radius 1 is 1.47 bits per heavy atom. The number of benzene rings is 1. The van der Waals surface area contributed by atoms with E-state index in [0.29, 0.717) is 17.0 Å². The highest BCUT2D eigenvalue weighted by Crippen LogP contribution is 2.28. The first kappa shape index (κ1) is 14.0. The van der Waals surface area contributed by atoms with Crippen LogP contribution in [-0.4, -0.2) is 16.8 Å². The van der Waals surface area contributed by atoms with Gasteiger partial charge in [0.25, 0.3) is 0 Å². The van der Waals surface area contributed by atoms with E-state index in [2.05, 4.69) is 10.4 Å². The largest absolute Gasteiger partial charge is 0.313 e. The van der Waals surface area contributed by atoms with Crippen molar-refractivity contribution in [3.63, 3.8) is 0 Å². The third-order valence-electron chi connectivity index (χ3n) is 3.21. The Kier molecular flexibility index (Phi) is 4.22. The van der Waals surface area contributed by atoms with Gasteiger partial charge >= 0.3 is 0 Å². The van der Waals surface area contributed by atoms with E-state index in [1.54, 1.807) is 19.2 Å². The molecular weight excluding hydrogens is 265 g/mol. The van der Waals surface area contributed by atoms with Crippen LogP contribution in [0.5, 0.6) is 0 Å². The van der Waals surface area contributed by atoms with Gasteiger partial charge in [0.15, 0.2) is 0 Å². The van der Waals surface area contributed by atoms with E-state index < -0.39 is 0 Å². The molecular formula is C14H17ClFN3. The number of likely N-dealkylation sites (N-methyl/N-ethyl adjacent to an activating group) is 1. The first-order chi connectivity index (χ1) is 9.02. The fourth-order valence-corrected chi connectivity index (χ4v) is 2.55. The van der Waals surface area contributed by atoms with Crippen molar-refractivity contribution >= 4 is 11.6 Å². The lowest BCUT2D eigenvalue weighted by atomic mass is 10.0. The van der Waals surface area contributed by atoms with Crippen molar-refractivity contribution in [3.05, 3.63) is 52.1 Å². The third-order valence-corrected chi connectivity index (χ3v) is 3.54. The molecule has 0 saturated heterocycles. The zero-order chi connectivity index (χ0) is 14.0. The molecule has 2 aromatic rings. The van der Waals surface area contributed by atoms with Gasteiger partial charge in [-0.3, -0.25) is 4.68 Å². The summed E-state index contributed by atoms with van der Waals surface area (Å²) in [7, 11) is 3.69. The van der Waals surface area contributed by atoms with Crippen LogP contribution in [0.1, 0.15) is 23.0 Å². The molecule has 0 amide bonds. The average Bonchev–Trinajstić information content (AvgIpc) is 2.66. The summed E-state index contributed by atoms with van der Waals surface area (Å²) >= 11 is 6.11. The minimum Gasteiger partial charge on any atom is -0.313 e. The molecule has 1 N–H and O–H groups in total. The van der Waals surface area contributed by atoms with Gasteiger partial charge < -0.3 is 5.32 Å². The maximum atomic E-state index is 13.9. The van der Waals surface area contributed by atoms with Crippen LogP contribution in [-0.2, 0) is 13.5 Å². The summed E-state index contributed by atoms with van der Waals surface area (Å²) in [4.78, 5) is 0. The number of aryl methyl sites for hydroxylation is 2. The van der Waals surface area contributed by atoms with E-state index in [-0.39, 0.29) is 11.9 Å². The second kappa shape index (κ2) is 5.72. The minimum atomic E-state index is -0.286. The highest BCUT2D eigenvalue weighted by molar-refractivity contribution is 6.31. The maximum absolute atomic E-state index is 13.9. The number of nitrogens with one attached hydrogen (secondary N) is 1. The molecule has 0 fully saturated rings. The normalized spacial score (nSPS) is 12.7. The maximum Gasteiger partial charge on any atom is 0.129 e. The summed E-state index contributed by atoms with van der Waals surface area (Å²) < 4.78 is 15.8. The van der Waals surface area contributed by atoms with E-state index in [0.717, 1.165) is 11.4 Å². The summed E-state index contributed by atoms with van der Waals surface area (Å²) in [5, 5.41) is 7.86.